The normalized spacial score (nSPS) is 6.78. The minimum Gasteiger partial charge on any atom is -0.114 e. The molecule has 2 heteroatoms. The molecule has 0 aromatic heterocycles. The molecular weight excluding hydrogens is 188 g/mol. The van der Waals surface area contributed by atoms with Gasteiger partial charge in [0.25, 0.3) is 0 Å². The maximum atomic E-state index is 2.08. The number of halogens is 1. The minimum atomic E-state index is 0. The summed E-state index contributed by atoms with van der Waals surface area (Å²) in [5.41, 5.74) is 1.32. The van der Waals surface area contributed by atoms with E-state index >= 15 is 0 Å². The first-order valence-electron chi connectivity index (χ1n) is 2.41. The van der Waals surface area contributed by atoms with Crippen LogP contribution < -0.4 is 0 Å². The van der Waals surface area contributed by atoms with E-state index in [9.17, 15) is 0 Å². The van der Waals surface area contributed by atoms with Crippen LogP contribution in [0.2, 0.25) is 0 Å². The van der Waals surface area contributed by atoms with Crippen molar-refractivity contribution in [1.29, 1.82) is 0 Å². The van der Waals surface area contributed by atoms with Crippen molar-refractivity contribution in [2.45, 2.75) is 6.92 Å². The summed E-state index contributed by atoms with van der Waals surface area (Å²) in [6, 6.07) is 10.3. The SMILES string of the molecule is Br.Cc1ccccc1.[MgH2]. The lowest BCUT2D eigenvalue weighted by Gasteiger charge is -1.82. The van der Waals surface area contributed by atoms with Gasteiger partial charge in [0.05, 0.1) is 0 Å². The third kappa shape index (κ3) is 4.94. The van der Waals surface area contributed by atoms with E-state index in [0.717, 1.165) is 0 Å². The molecule has 0 bridgehead atoms. The van der Waals surface area contributed by atoms with Crippen molar-refractivity contribution in [3.05, 3.63) is 35.9 Å². The second-order valence-electron chi connectivity index (χ2n) is 1.65. The molecule has 0 saturated heterocycles. The van der Waals surface area contributed by atoms with Gasteiger partial charge in [-0.2, -0.15) is 0 Å². The van der Waals surface area contributed by atoms with Gasteiger partial charge in [0.2, 0.25) is 0 Å². The number of hydrogen-bond acceptors (Lipinski definition) is 0. The molecule has 0 aliphatic rings. The molecule has 0 spiro atoms. The Morgan fingerprint density at radius 1 is 1.00 bits per heavy atom. The largest absolute Gasteiger partial charge is 0.316 e. The molecule has 0 aliphatic carbocycles. The lowest BCUT2D eigenvalue weighted by atomic mass is 10.2. The predicted octanol–water partition coefficient (Wildman–Crippen LogP) is 1.66. The molecule has 0 atom stereocenters. The summed E-state index contributed by atoms with van der Waals surface area (Å²) in [7, 11) is 0. The molecule has 0 aliphatic heterocycles. The Kier molecular flexibility index (Phi) is 8.90. The highest BCUT2D eigenvalue weighted by Gasteiger charge is 1.72. The number of hydrogen-bond donors (Lipinski definition) is 0. The zero-order chi connectivity index (χ0) is 5.11. The van der Waals surface area contributed by atoms with Crippen LogP contribution in [0.15, 0.2) is 30.3 Å². The summed E-state index contributed by atoms with van der Waals surface area (Å²) in [5.74, 6) is 0. The van der Waals surface area contributed by atoms with Crippen LogP contribution in [0.3, 0.4) is 0 Å². The van der Waals surface area contributed by atoms with Gasteiger partial charge >= 0.3 is 23.1 Å². The quantitative estimate of drug-likeness (QED) is 0.558. The lowest BCUT2D eigenvalue weighted by molar-refractivity contribution is 1.48. The fraction of sp³-hybridized carbons (Fsp3) is 0.143. The highest BCUT2D eigenvalue weighted by atomic mass is 79.9. The summed E-state index contributed by atoms with van der Waals surface area (Å²) in [6.45, 7) is 2.08. The van der Waals surface area contributed by atoms with Gasteiger partial charge in [-0.3, -0.25) is 0 Å². The van der Waals surface area contributed by atoms with Gasteiger partial charge in [0.15, 0.2) is 0 Å². The Balaban J connectivity index is 0. The van der Waals surface area contributed by atoms with E-state index < -0.39 is 0 Å². The predicted molar refractivity (Wildman–Crippen MR) is 50.0 cm³/mol. The summed E-state index contributed by atoms with van der Waals surface area (Å²) in [6.07, 6.45) is 0. The molecule has 1 aromatic rings. The van der Waals surface area contributed by atoms with E-state index in [4.69, 9.17) is 0 Å². The van der Waals surface area contributed by atoms with Gasteiger partial charge in [-0.1, -0.05) is 35.9 Å². The van der Waals surface area contributed by atoms with Crippen LogP contribution >= 0.6 is 17.0 Å². The Morgan fingerprint density at radius 3 is 1.67 bits per heavy atom. The molecular formula is C7H11BrMg. The standard InChI is InChI=1S/C7H8.BrH.Mg.2H/c1-7-5-3-2-4-6-7;;;;/h2-6H,1H3;1H;;;. The van der Waals surface area contributed by atoms with Crippen molar-refractivity contribution in [3.8, 4) is 0 Å². The number of benzene rings is 1. The van der Waals surface area contributed by atoms with E-state index in [2.05, 4.69) is 19.1 Å². The molecule has 0 amide bonds. The summed E-state index contributed by atoms with van der Waals surface area (Å²) in [5, 5.41) is 0. The third-order valence-electron chi connectivity index (χ3n) is 0.940. The smallest absolute Gasteiger partial charge is 0.114 e. The highest BCUT2D eigenvalue weighted by Crippen LogP contribution is 1.92. The van der Waals surface area contributed by atoms with Crippen molar-refractivity contribution < 1.29 is 0 Å². The maximum Gasteiger partial charge on any atom is 0.316 e. The zero-order valence-electron chi connectivity index (χ0n) is 4.79. The Labute approximate surface area is 82.6 Å². The average Bonchev–Trinajstić information content (AvgIpc) is 1.69. The summed E-state index contributed by atoms with van der Waals surface area (Å²) >= 11 is 0. The topological polar surface area (TPSA) is 0 Å². The minimum absolute atomic E-state index is 0. The van der Waals surface area contributed by atoms with Gasteiger partial charge < -0.3 is 0 Å². The van der Waals surface area contributed by atoms with E-state index in [1.54, 1.807) is 0 Å². The lowest BCUT2D eigenvalue weighted by Crippen LogP contribution is -1.62. The zero-order valence-corrected chi connectivity index (χ0v) is 6.51. The molecule has 0 nitrogen and oxygen atoms in total. The van der Waals surface area contributed by atoms with Gasteiger partial charge in [-0.15, -0.1) is 17.0 Å². The molecule has 1 rings (SSSR count). The molecule has 0 N–H and O–H groups in total. The van der Waals surface area contributed by atoms with Crippen molar-refractivity contribution in [1.82, 2.24) is 0 Å². The van der Waals surface area contributed by atoms with Gasteiger partial charge in [-0.25, -0.2) is 0 Å². The Bertz CT molecular complexity index is 139. The number of aryl methyl sites for hydroxylation is 1. The van der Waals surface area contributed by atoms with Crippen molar-refractivity contribution in [2.75, 3.05) is 0 Å². The average molecular weight is 199 g/mol. The van der Waals surface area contributed by atoms with Gasteiger partial charge in [0, 0.05) is 0 Å². The molecule has 0 heterocycles. The molecule has 0 unspecified atom stereocenters. The van der Waals surface area contributed by atoms with E-state index in [1.807, 2.05) is 18.2 Å². The van der Waals surface area contributed by atoms with Crippen LogP contribution in [-0.2, 0) is 0 Å². The molecule has 1 aromatic carbocycles. The van der Waals surface area contributed by atoms with Crippen LogP contribution in [0, 0.1) is 6.92 Å². The summed E-state index contributed by atoms with van der Waals surface area (Å²) in [4.78, 5) is 0. The number of rotatable bonds is 0. The van der Waals surface area contributed by atoms with Gasteiger partial charge in [0.1, 0.15) is 0 Å². The van der Waals surface area contributed by atoms with Crippen LogP contribution in [0.1, 0.15) is 5.56 Å². The summed E-state index contributed by atoms with van der Waals surface area (Å²) < 4.78 is 0. The highest BCUT2D eigenvalue weighted by molar-refractivity contribution is 8.93. The van der Waals surface area contributed by atoms with Crippen molar-refractivity contribution >= 4 is 40.0 Å². The maximum absolute atomic E-state index is 2.08. The second-order valence-corrected chi connectivity index (χ2v) is 1.65. The molecule has 0 fully saturated rings. The van der Waals surface area contributed by atoms with Gasteiger partial charge in [-0.05, 0) is 6.92 Å². The first kappa shape index (κ1) is 12.2. The third-order valence-corrected chi connectivity index (χ3v) is 0.940. The molecule has 9 heavy (non-hydrogen) atoms. The van der Waals surface area contributed by atoms with Crippen LogP contribution in [0.4, 0.5) is 0 Å². The van der Waals surface area contributed by atoms with Crippen LogP contribution in [0.25, 0.3) is 0 Å². The molecule has 0 radical (unpaired) electrons. The van der Waals surface area contributed by atoms with Crippen LogP contribution in [0.5, 0.6) is 0 Å². The fourth-order valence-electron chi connectivity index (χ4n) is 0.534. The Morgan fingerprint density at radius 2 is 1.44 bits per heavy atom. The second kappa shape index (κ2) is 6.58. The first-order chi connectivity index (χ1) is 3.39. The van der Waals surface area contributed by atoms with E-state index in [0.29, 0.717) is 0 Å². The van der Waals surface area contributed by atoms with Crippen molar-refractivity contribution in [3.63, 3.8) is 0 Å². The van der Waals surface area contributed by atoms with E-state index in [-0.39, 0.29) is 40.0 Å². The van der Waals surface area contributed by atoms with Crippen molar-refractivity contribution in [2.24, 2.45) is 0 Å². The first-order valence-corrected chi connectivity index (χ1v) is 2.41. The Hall–Kier alpha value is 0.466. The monoisotopic (exact) mass is 198 g/mol. The molecule has 48 valence electrons. The van der Waals surface area contributed by atoms with Crippen LogP contribution in [-0.4, -0.2) is 23.1 Å². The fourth-order valence-corrected chi connectivity index (χ4v) is 0.534. The molecule has 0 saturated carbocycles. The van der Waals surface area contributed by atoms with E-state index in [1.165, 1.54) is 5.56 Å².